The van der Waals surface area contributed by atoms with Gasteiger partial charge in [0.1, 0.15) is 5.82 Å². The normalized spacial score (nSPS) is 15.2. The van der Waals surface area contributed by atoms with Crippen molar-refractivity contribution < 1.29 is 9.18 Å². The van der Waals surface area contributed by atoms with Crippen LogP contribution >= 0.6 is 0 Å². The Morgan fingerprint density at radius 1 is 0.962 bits per heavy atom. The first-order valence-electron chi connectivity index (χ1n) is 9.20. The second-order valence-corrected chi connectivity index (χ2v) is 6.66. The first-order chi connectivity index (χ1) is 12.7. The molecule has 0 atom stereocenters. The largest absolute Gasteiger partial charge is 0.340 e. The SMILES string of the molecule is O=C(CCNCc1ccccc1F)N1CCN(Cc2ccccc2)CC1. The van der Waals surface area contributed by atoms with Crippen molar-refractivity contribution in [1.29, 1.82) is 0 Å². The Labute approximate surface area is 154 Å². The van der Waals surface area contributed by atoms with Gasteiger partial charge < -0.3 is 10.2 Å². The Morgan fingerprint density at radius 2 is 1.65 bits per heavy atom. The van der Waals surface area contributed by atoms with Crippen LogP contribution in [0.15, 0.2) is 54.6 Å². The average Bonchev–Trinajstić information content (AvgIpc) is 2.68. The van der Waals surface area contributed by atoms with Crippen LogP contribution in [0.1, 0.15) is 17.5 Å². The van der Waals surface area contributed by atoms with Crippen molar-refractivity contribution in [3.63, 3.8) is 0 Å². The van der Waals surface area contributed by atoms with E-state index in [0.717, 1.165) is 32.7 Å². The zero-order valence-electron chi connectivity index (χ0n) is 15.0. The molecule has 5 heteroatoms. The molecule has 2 aromatic carbocycles. The number of rotatable bonds is 7. The lowest BCUT2D eigenvalue weighted by atomic mass is 10.2. The van der Waals surface area contributed by atoms with Gasteiger partial charge in [-0.2, -0.15) is 0 Å². The molecule has 3 rings (SSSR count). The molecule has 1 aliphatic rings. The van der Waals surface area contributed by atoms with E-state index in [2.05, 4.69) is 34.5 Å². The fourth-order valence-corrected chi connectivity index (χ4v) is 3.22. The molecule has 0 spiro atoms. The predicted molar refractivity (Wildman–Crippen MR) is 101 cm³/mol. The summed E-state index contributed by atoms with van der Waals surface area (Å²) >= 11 is 0. The number of halogens is 1. The predicted octanol–water partition coefficient (Wildman–Crippen LogP) is 2.65. The maximum absolute atomic E-state index is 13.5. The minimum absolute atomic E-state index is 0.172. The minimum Gasteiger partial charge on any atom is -0.340 e. The molecule has 0 aromatic heterocycles. The molecule has 1 fully saturated rings. The summed E-state index contributed by atoms with van der Waals surface area (Å²) in [6.45, 7) is 5.32. The van der Waals surface area contributed by atoms with Crippen LogP contribution in [0.5, 0.6) is 0 Å². The van der Waals surface area contributed by atoms with Gasteiger partial charge in [0.25, 0.3) is 0 Å². The van der Waals surface area contributed by atoms with Gasteiger partial charge in [0.2, 0.25) is 5.91 Å². The number of hydrogen-bond donors (Lipinski definition) is 1. The van der Waals surface area contributed by atoms with E-state index in [0.29, 0.717) is 25.1 Å². The molecule has 0 aliphatic carbocycles. The summed E-state index contributed by atoms with van der Waals surface area (Å²) in [5.74, 6) is -0.0359. The fraction of sp³-hybridized carbons (Fsp3) is 0.381. The van der Waals surface area contributed by atoms with Crippen molar-refractivity contribution in [2.24, 2.45) is 0 Å². The summed E-state index contributed by atoms with van der Waals surface area (Å²) in [4.78, 5) is 16.7. The highest BCUT2D eigenvalue weighted by Crippen LogP contribution is 2.09. The lowest BCUT2D eigenvalue weighted by molar-refractivity contribution is -0.132. The third kappa shape index (κ3) is 5.38. The van der Waals surface area contributed by atoms with Crippen molar-refractivity contribution in [1.82, 2.24) is 15.1 Å². The van der Waals surface area contributed by atoms with Crippen molar-refractivity contribution in [3.8, 4) is 0 Å². The van der Waals surface area contributed by atoms with Crippen LogP contribution in [0, 0.1) is 5.82 Å². The van der Waals surface area contributed by atoms with E-state index in [4.69, 9.17) is 0 Å². The van der Waals surface area contributed by atoms with Crippen molar-refractivity contribution >= 4 is 5.91 Å². The van der Waals surface area contributed by atoms with Gasteiger partial charge in [0.15, 0.2) is 0 Å². The molecule has 1 saturated heterocycles. The summed E-state index contributed by atoms with van der Waals surface area (Å²) < 4.78 is 13.5. The second kappa shape index (κ2) is 9.46. The third-order valence-corrected chi connectivity index (χ3v) is 4.76. The maximum Gasteiger partial charge on any atom is 0.223 e. The molecule has 1 amide bonds. The number of hydrogen-bond acceptors (Lipinski definition) is 3. The molecule has 1 N–H and O–H groups in total. The Hall–Kier alpha value is -2.24. The number of nitrogens with one attached hydrogen (secondary N) is 1. The summed E-state index contributed by atoms with van der Waals surface area (Å²) in [5, 5.41) is 3.16. The minimum atomic E-state index is -0.208. The topological polar surface area (TPSA) is 35.6 Å². The van der Waals surface area contributed by atoms with Gasteiger partial charge in [-0.1, -0.05) is 48.5 Å². The Kier molecular flexibility index (Phi) is 6.75. The fourth-order valence-electron chi connectivity index (χ4n) is 3.22. The molecule has 1 aliphatic heterocycles. The number of carbonyl (C=O) groups excluding carboxylic acids is 1. The molecule has 0 radical (unpaired) electrons. The van der Waals surface area contributed by atoms with E-state index in [1.807, 2.05) is 17.0 Å². The van der Waals surface area contributed by atoms with E-state index < -0.39 is 0 Å². The van der Waals surface area contributed by atoms with Crippen molar-refractivity contribution in [2.45, 2.75) is 19.5 Å². The van der Waals surface area contributed by atoms with Crippen LogP contribution in [0.2, 0.25) is 0 Å². The molecule has 0 unspecified atom stereocenters. The Morgan fingerprint density at radius 3 is 2.38 bits per heavy atom. The third-order valence-electron chi connectivity index (χ3n) is 4.76. The molecule has 4 nitrogen and oxygen atoms in total. The molecule has 26 heavy (non-hydrogen) atoms. The van der Waals surface area contributed by atoms with Gasteiger partial charge in [-0.15, -0.1) is 0 Å². The number of benzene rings is 2. The summed E-state index contributed by atoms with van der Waals surface area (Å²) in [7, 11) is 0. The van der Waals surface area contributed by atoms with Crippen LogP contribution in [-0.4, -0.2) is 48.4 Å². The van der Waals surface area contributed by atoms with Crippen LogP contribution in [0.4, 0.5) is 4.39 Å². The standard InChI is InChI=1S/C21H26FN3O/c22-20-9-5-4-8-19(20)16-23-11-10-21(26)25-14-12-24(13-15-25)17-18-6-2-1-3-7-18/h1-9,23H,10-17H2. The van der Waals surface area contributed by atoms with Crippen molar-refractivity contribution in [3.05, 3.63) is 71.5 Å². The zero-order chi connectivity index (χ0) is 18.2. The highest BCUT2D eigenvalue weighted by atomic mass is 19.1. The smallest absolute Gasteiger partial charge is 0.223 e. The summed E-state index contributed by atoms with van der Waals surface area (Å²) in [6.07, 6.45) is 0.452. The number of amides is 1. The van der Waals surface area contributed by atoms with E-state index in [1.54, 1.807) is 12.1 Å². The van der Waals surface area contributed by atoms with Gasteiger partial charge in [0, 0.05) is 57.8 Å². The van der Waals surface area contributed by atoms with Gasteiger partial charge >= 0.3 is 0 Å². The number of nitrogens with zero attached hydrogens (tertiary/aromatic N) is 2. The van der Waals surface area contributed by atoms with Crippen LogP contribution < -0.4 is 5.32 Å². The molecule has 138 valence electrons. The Balaban J connectivity index is 1.34. The first-order valence-corrected chi connectivity index (χ1v) is 9.20. The van der Waals surface area contributed by atoms with Crippen LogP contribution in [-0.2, 0) is 17.9 Å². The molecule has 0 saturated carbocycles. The summed E-state index contributed by atoms with van der Waals surface area (Å²) in [5.41, 5.74) is 1.94. The van der Waals surface area contributed by atoms with Crippen molar-refractivity contribution in [2.75, 3.05) is 32.7 Å². The number of piperazine rings is 1. The van der Waals surface area contributed by atoms with E-state index in [9.17, 15) is 9.18 Å². The molecule has 0 bridgehead atoms. The van der Waals surface area contributed by atoms with Gasteiger partial charge in [0.05, 0.1) is 0 Å². The average molecular weight is 355 g/mol. The van der Waals surface area contributed by atoms with Gasteiger partial charge in [-0.3, -0.25) is 9.69 Å². The zero-order valence-corrected chi connectivity index (χ0v) is 15.0. The van der Waals surface area contributed by atoms with E-state index >= 15 is 0 Å². The van der Waals surface area contributed by atoms with Crippen LogP contribution in [0.3, 0.4) is 0 Å². The monoisotopic (exact) mass is 355 g/mol. The molecular formula is C21H26FN3O. The quantitative estimate of drug-likeness (QED) is 0.776. The maximum atomic E-state index is 13.5. The van der Waals surface area contributed by atoms with Gasteiger partial charge in [-0.25, -0.2) is 4.39 Å². The highest BCUT2D eigenvalue weighted by Gasteiger charge is 2.20. The van der Waals surface area contributed by atoms with E-state index in [1.165, 1.54) is 11.6 Å². The van der Waals surface area contributed by atoms with E-state index in [-0.39, 0.29) is 11.7 Å². The lowest BCUT2D eigenvalue weighted by Gasteiger charge is -2.34. The Bertz CT molecular complexity index is 699. The lowest BCUT2D eigenvalue weighted by Crippen LogP contribution is -2.48. The summed E-state index contributed by atoms with van der Waals surface area (Å²) in [6, 6.07) is 17.1. The van der Waals surface area contributed by atoms with Crippen LogP contribution in [0.25, 0.3) is 0 Å². The molecular weight excluding hydrogens is 329 g/mol. The second-order valence-electron chi connectivity index (χ2n) is 6.66. The number of carbonyl (C=O) groups is 1. The first kappa shape index (κ1) is 18.5. The molecule has 2 aromatic rings. The van der Waals surface area contributed by atoms with Gasteiger partial charge in [-0.05, 0) is 11.6 Å². The molecule has 1 heterocycles. The highest BCUT2D eigenvalue weighted by molar-refractivity contribution is 5.76.